The van der Waals surface area contributed by atoms with Crippen LogP contribution in [-0.2, 0) is 9.59 Å². The predicted octanol–water partition coefficient (Wildman–Crippen LogP) is 2.50. The number of aliphatic carboxylic acids is 1. The lowest BCUT2D eigenvalue weighted by Gasteiger charge is -2.43. The summed E-state index contributed by atoms with van der Waals surface area (Å²) in [5.74, 6) is -0.686. The second-order valence-corrected chi connectivity index (χ2v) is 8.47. The van der Waals surface area contributed by atoms with E-state index in [0.29, 0.717) is 19.5 Å². The molecule has 1 saturated heterocycles. The second-order valence-electron chi connectivity index (χ2n) is 8.47. The molecule has 2 aliphatic heterocycles. The Morgan fingerprint density at radius 3 is 2.61 bits per heavy atom. The van der Waals surface area contributed by atoms with Crippen LogP contribution in [0.15, 0.2) is 30.3 Å². The number of likely N-dealkylation sites (N-methyl/N-ethyl adjacent to an activating group) is 1. The van der Waals surface area contributed by atoms with Gasteiger partial charge in [0.15, 0.2) is 0 Å². The minimum atomic E-state index is -0.849. The number of ether oxygens (including phenoxy) is 1. The Balaban J connectivity index is 1.50. The van der Waals surface area contributed by atoms with Crippen LogP contribution in [0.1, 0.15) is 31.2 Å². The Morgan fingerprint density at radius 1 is 1.25 bits per heavy atom. The minimum Gasteiger partial charge on any atom is -0.496 e. The number of amides is 1. The maximum Gasteiger partial charge on any atom is 0.308 e. The van der Waals surface area contributed by atoms with Crippen molar-refractivity contribution < 1.29 is 19.4 Å². The Kier molecular flexibility index (Phi) is 4.91. The summed E-state index contributed by atoms with van der Waals surface area (Å²) in [6, 6.07) is 7.34. The molecule has 150 valence electrons. The molecule has 2 atom stereocenters. The zero-order chi connectivity index (χ0) is 19.9. The van der Waals surface area contributed by atoms with Crippen LogP contribution in [0.2, 0.25) is 0 Å². The van der Waals surface area contributed by atoms with Crippen molar-refractivity contribution in [2.75, 3.05) is 33.8 Å². The fourth-order valence-electron chi connectivity index (χ4n) is 4.91. The molecule has 3 aliphatic rings. The van der Waals surface area contributed by atoms with Gasteiger partial charge in [0.05, 0.1) is 13.0 Å². The maximum absolute atomic E-state index is 13.2. The van der Waals surface area contributed by atoms with Crippen LogP contribution in [0.4, 0.5) is 0 Å². The number of benzene rings is 1. The molecule has 1 N–H and O–H groups in total. The minimum absolute atomic E-state index is 0.0549. The van der Waals surface area contributed by atoms with E-state index in [0.717, 1.165) is 37.1 Å². The van der Waals surface area contributed by atoms with Gasteiger partial charge in [0.2, 0.25) is 5.91 Å². The molecule has 6 heteroatoms. The number of rotatable bonds is 4. The number of nitrogens with zero attached hydrogens (tertiary/aromatic N) is 2. The quantitative estimate of drug-likeness (QED) is 0.864. The summed E-state index contributed by atoms with van der Waals surface area (Å²) in [5.41, 5.74) is 2.36. The van der Waals surface area contributed by atoms with E-state index in [1.165, 1.54) is 5.57 Å². The van der Waals surface area contributed by atoms with Crippen molar-refractivity contribution in [1.29, 1.82) is 0 Å². The number of piperidine rings is 1. The van der Waals surface area contributed by atoms with Gasteiger partial charge in [0, 0.05) is 25.2 Å². The first-order valence-electron chi connectivity index (χ1n) is 9.98. The molecule has 1 spiro atoms. The molecule has 1 amide bonds. The van der Waals surface area contributed by atoms with Crippen molar-refractivity contribution in [2.45, 2.75) is 31.7 Å². The highest BCUT2D eigenvalue weighted by molar-refractivity contribution is 5.89. The molecular formula is C22H28N2O4. The number of carboxylic acid groups (broad SMARTS) is 1. The van der Waals surface area contributed by atoms with Crippen molar-refractivity contribution in [2.24, 2.45) is 11.3 Å². The number of carbonyl (C=O) groups excluding carboxylic acids is 1. The Bertz CT molecular complexity index is 815. The molecule has 28 heavy (non-hydrogen) atoms. The number of hydrogen-bond donors (Lipinski definition) is 1. The number of methoxy groups -OCH3 is 1. The maximum atomic E-state index is 13.2. The van der Waals surface area contributed by atoms with Gasteiger partial charge in [-0.1, -0.05) is 24.3 Å². The molecule has 0 aromatic heterocycles. The Hall–Kier alpha value is -2.34. The lowest BCUT2D eigenvalue weighted by Crippen LogP contribution is -2.58. The lowest BCUT2D eigenvalue weighted by atomic mass is 9.80. The molecule has 1 aromatic carbocycles. The molecule has 0 bridgehead atoms. The number of carbonyl (C=O) groups is 2. The average Bonchev–Trinajstić information content (AvgIpc) is 3.45. The molecule has 1 aromatic rings. The molecule has 1 aliphatic carbocycles. The van der Waals surface area contributed by atoms with Gasteiger partial charge in [-0.05, 0) is 49.8 Å². The highest BCUT2D eigenvalue weighted by Gasteiger charge is 2.55. The summed E-state index contributed by atoms with van der Waals surface area (Å²) >= 11 is 0. The summed E-state index contributed by atoms with van der Waals surface area (Å²) in [6.07, 6.45) is 5.59. The van der Waals surface area contributed by atoms with Crippen molar-refractivity contribution in [3.05, 3.63) is 35.9 Å². The smallest absolute Gasteiger partial charge is 0.308 e. The molecule has 1 saturated carbocycles. The summed E-state index contributed by atoms with van der Waals surface area (Å²) in [5, 5.41) is 9.76. The topological polar surface area (TPSA) is 70.1 Å². The SMILES string of the molecule is COc1ccccc1C1=CCN(C(=O)C2C(C(=O)O)CC3(CC3)CN2C)CC1. The van der Waals surface area contributed by atoms with Crippen molar-refractivity contribution in [3.63, 3.8) is 0 Å². The summed E-state index contributed by atoms with van der Waals surface area (Å²) in [4.78, 5) is 28.9. The van der Waals surface area contributed by atoms with Crippen LogP contribution in [0.25, 0.3) is 5.57 Å². The van der Waals surface area contributed by atoms with E-state index in [4.69, 9.17) is 4.74 Å². The van der Waals surface area contributed by atoms with E-state index in [2.05, 4.69) is 6.08 Å². The van der Waals surface area contributed by atoms with Crippen LogP contribution < -0.4 is 4.74 Å². The zero-order valence-corrected chi connectivity index (χ0v) is 16.6. The van der Waals surface area contributed by atoms with Crippen LogP contribution >= 0.6 is 0 Å². The van der Waals surface area contributed by atoms with Gasteiger partial charge in [-0.15, -0.1) is 0 Å². The van der Waals surface area contributed by atoms with Gasteiger partial charge in [0.1, 0.15) is 11.8 Å². The molecule has 6 nitrogen and oxygen atoms in total. The Morgan fingerprint density at radius 2 is 2.00 bits per heavy atom. The van der Waals surface area contributed by atoms with Crippen molar-refractivity contribution >= 4 is 17.4 Å². The van der Waals surface area contributed by atoms with E-state index in [1.807, 2.05) is 36.2 Å². The number of likely N-dealkylation sites (tertiary alicyclic amines) is 1. The third-order valence-corrected chi connectivity index (χ3v) is 6.59. The molecular weight excluding hydrogens is 356 g/mol. The standard InChI is InChI=1S/C22H28N2O4/c1-23-14-22(9-10-22)13-17(21(26)27)19(23)20(25)24-11-7-15(8-12-24)16-5-3-4-6-18(16)28-2/h3-7,17,19H,8-14H2,1-2H3,(H,26,27). The van der Waals surface area contributed by atoms with Gasteiger partial charge >= 0.3 is 5.97 Å². The largest absolute Gasteiger partial charge is 0.496 e. The van der Waals surface area contributed by atoms with E-state index < -0.39 is 17.9 Å². The van der Waals surface area contributed by atoms with Crippen LogP contribution in [0.3, 0.4) is 0 Å². The third kappa shape index (κ3) is 3.41. The zero-order valence-electron chi connectivity index (χ0n) is 16.6. The number of carboxylic acids is 1. The third-order valence-electron chi connectivity index (χ3n) is 6.59. The first-order chi connectivity index (χ1) is 13.4. The van der Waals surface area contributed by atoms with Gasteiger partial charge < -0.3 is 14.7 Å². The Labute approximate surface area is 165 Å². The van der Waals surface area contributed by atoms with Gasteiger partial charge in [0.25, 0.3) is 0 Å². The molecule has 0 radical (unpaired) electrons. The fourth-order valence-corrected chi connectivity index (χ4v) is 4.91. The first kappa shape index (κ1) is 19.0. The number of hydrogen-bond acceptors (Lipinski definition) is 4. The van der Waals surface area contributed by atoms with Gasteiger partial charge in [-0.2, -0.15) is 0 Å². The highest BCUT2D eigenvalue weighted by Crippen LogP contribution is 2.54. The van der Waals surface area contributed by atoms with E-state index >= 15 is 0 Å². The summed E-state index contributed by atoms with van der Waals surface area (Å²) in [7, 11) is 3.56. The first-order valence-corrected chi connectivity index (χ1v) is 9.98. The average molecular weight is 384 g/mol. The van der Waals surface area contributed by atoms with Crippen molar-refractivity contribution in [3.8, 4) is 5.75 Å². The lowest BCUT2D eigenvalue weighted by molar-refractivity contribution is -0.155. The molecule has 2 fully saturated rings. The summed E-state index contributed by atoms with van der Waals surface area (Å²) < 4.78 is 5.45. The van der Waals surface area contributed by atoms with Crippen LogP contribution in [0.5, 0.6) is 5.75 Å². The molecule has 2 heterocycles. The second kappa shape index (κ2) is 7.24. The monoisotopic (exact) mass is 384 g/mol. The molecule has 2 unspecified atom stereocenters. The van der Waals surface area contributed by atoms with Crippen LogP contribution in [0, 0.1) is 11.3 Å². The highest BCUT2D eigenvalue weighted by atomic mass is 16.5. The predicted molar refractivity (Wildman–Crippen MR) is 106 cm³/mol. The normalized spacial score (nSPS) is 26.6. The van der Waals surface area contributed by atoms with E-state index in [9.17, 15) is 14.7 Å². The fraction of sp³-hybridized carbons (Fsp3) is 0.545. The van der Waals surface area contributed by atoms with E-state index in [-0.39, 0.29) is 11.3 Å². The van der Waals surface area contributed by atoms with Crippen molar-refractivity contribution in [1.82, 2.24) is 9.80 Å². The van der Waals surface area contributed by atoms with Crippen LogP contribution in [-0.4, -0.2) is 66.6 Å². The summed E-state index contributed by atoms with van der Waals surface area (Å²) in [6.45, 7) is 1.93. The van der Waals surface area contributed by atoms with Gasteiger partial charge in [-0.25, -0.2) is 0 Å². The van der Waals surface area contributed by atoms with Gasteiger partial charge in [-0.3, -0.25) is 14.5 Å². The number of para-hydroxylation sites is 1. The molecule has 4 rings (SSSR count). The van der Waals surface area contributed by atoms with E-state index in [1.54, 1.807) is 12.0 Å².